The predicted octanol–water partition coefficient (Wildman–Crippen LogP) is 1.21. The van der Waals surface area contributed by atoms with Crippen molar-refractivity contribution < 1.29 is 15.0 Å². The molecule has 0 saturated heterocycles. The highest BCUT2D eigenvalue weighted by molar-refractivity contribution is 5.65. The van der Waals surface area contributed by atoms with Gasteiger partial charge in [0.25, 0.3) is 0 Å². The Morgan fingerprint density at radius 1 is 1.43 bits per heavy atom. The summed E-state index contributed by atoms with van der Waals surface area (Å²) in [6.45, 7) is 0.523. The number of rotatable bonds is 0. The molecule has 0 aromatic heterocycles. The van der Waals surface area contributed by atoms with Crippen LogP contribution in [0.1, 0.15) is 17.2 Å². The quantitative estimate of drug-likeness (QED) is 0.651. The van der Waals surface area contributed by atoms with Crippen LogP contribution >= 0.6 is 0 Å². The highest BCUT2D eigenvalue weighted by Crippen LogP contribution is 2.25. The van der Waals surface area contributed by atoms with Gasteiger partial charge in [0, 0.05) is 6.54 Å². The van der Waals surface area contributed by atoms with Crippen LogP contribution in [0.3, 0.4) is 0 Å². The zero-order chi connectivity index (χ0) is 10.1. The van der Waals surface area contributed by atoms with Crippen LogP contribution in [0, 0.1) is 0 Å². The standard InChI is InChI=1S/C10H11NO3/c12-9-6-11(10(13)14)5-7-3-1-2-4-8(7)9/h1-4,9,12H,5-6H2,(H,13,14). The lowest BCUT2D eigenvalue weighted by Crippen LogP contribution is -2.37. The number of aliphatic hydroxyl groups is 1. The van der Waals surface area contributed by atoms with Crippen molar-refractivity contribution in [3.05, 3.63) is 35.4 Å². The summed E-state index contributed by atoms with van der Waals surface area (Å²) in [5.74, 6) is 0. The molecule has 2 N–H and O–H groups in total. The van der Waals surface area contributed by atoms with Gasteiger partial charge in [0.05, 0.1) is 12.6 Å². The molecule has 1 heterocycles. The molecular weight excluding hydrogens is 182 g/mol. The fourth-order valence-corrected chi connectivity index (χ4v) is 1.73. The molecule has 0 radical (unpaired) electrons. The third-order valence-electron chi connectivity index (χ3n) is 2.44. The van der Waals surface area contributed by atoms with Crippen molar-refractivity contribution in [2.24, 2.45) is 0 Å². The second-order valence-corrected chi connectivity index (χ2v) is 3.38. The third kappa shape index (κ3) is 1.44. The fourth-order valence-electron chi connectivity index (χ4n) is 1.73. The number of aliphatic hydroxyl groups excluding tert-OH is 1. The van der Waals surface area contributed by atoms with Gasteiger partial charge >= 0.3 is 6.09 Å². The van der Waals surface area contributed by atoms with Crippen molar-refractivity contribution in [2.75, 3.05) is 6.54 Å². The Morgan fingerprint density at radius 3 is 2.86 bits per heavy atom. The molecule has 0 bridgehead atoms. The lowest BCUT2D eigenvalue weighted by atomic mass is 9.98. The number of amides is 1. The number of nitrogens with zero attached hydrogens (tertiary/aromatic N) is 1. The van der Waals surface area contributed by atoms with Crippen LogP contribution in [0.25, 0.3) is 0 Å². The van der Waals surface area contributed by atoms with Gasteiger partial charge in [-0.3, -0.25) is 0 Å². The van der Waals surface area contributed by atoms with Crippen LogP contribution in [-0.2, 0) is 6.54 Å². The maximum atomic E-state index is 10.7. The summed E-state index contributed by atoms with van der Waals surface area (Å²) < 4.78 is 0. The molecule has 1 unspecified atom stereocenters. The van der Waals surface area contributed by atoms with E-state index >= 15 is 0 Å². The summed E-state index contributed by atoms with van der Waals surface area (Å²) in [5, 5.41) is 18.5. The van der Waals surface area contributed by atoms with E-state index in [-0.39, 0.29) is 6.54 Å². The summed E-state index contributed by atoms with van der Waals surface area (Å²) in [6, 6.07) is 7.36. The van der Waals surface area contributed by atoms with Gasteiger partial charge in [0.1, 0.15) is 0 Å². The SMILES string of the molecule is O=C(O)N1Cc2ccccc2C(O)C1. The Labute approximate surface area is 81.4 Å². The van der Waals surface area contributed by atoms with Gasteiger partial charge in [-0.05, 0) is 11.1 Å². The van der Waals surface area contributed by atoms with E-state index in [2.05, 4.69) is 0 Å². The normalized spacial score (nSPS) is 20.4. The maximum Gasteiger partial charge on any atom is 0.407 e. The molecule has 1 aromatic rings. The minimum atomic E-state index is -0.987. The minimum Gasteiger partial charge on any atom is -0.465 e. The molecule has 1 amide bonds. The lowest BCUT2D eigenvalue weighted by molar-refractivity contribution is 0.0819. The van der Waals surface area contributed by atoms with E-state index in [0.29, 0.717) is 6.54 Å². The van der Waals surface area contributed by atoms with E-state index in [1.54, 1.807) is 0 Å². The van der Waals surface area contributed by atoms with E-state index in [9.17, 15) is 9.90 Å². The van der Waals surface area contributed by atoms with Gasteiger partial charge in [-0.1, -0.05) is 24.3 Å². The van der Waals surface area contributed by atoms with E-state index < -0.39 is 12.2 Å². The van der Waals surface area contributed by atoms with Gasteiger partial charge in [-0.2, -0.15) is 0 Å². The summed E-state index contributed by atoms with van der Waals surface area (Å²) in [4.78, 5) is 11.9. The molecule has 1 aliphatic heterocycles. The molecule has 0 aliphatic carbocycles. The molecular formula is C10H11NO3. The summed E-state index contributed by atoms with van der Waals surface area (Å²) in [5.41, 5.74) is 1.72. The molecule has 14 heavy (non-hydrogen) atoms. The van der Waals surface area contributed by atoms with Crippen molar-refractivity contribution in [1.82, 2.24) is 4.90 Å². The van der Waals surface area contributed by atoms with Crippen LogP contribution in [0.2, 0.25) is 0 Å². The highest BCUT2D eigenvalue weighted by atomic mass is 16.4. The molecule has 74 valence electrons. The van der Waals surface area contributed by atoms with Crippen molar-refractivity contribution >= 4 is 6.09 Å². The summed E-state index contributed by atoms with van der Waals surface area (Å²) in [7, 11) is 0. The van der Waals surface area contributed by atoms with Crippen LogP contribution in [0.4, 0.5) is 4.79 Å². The van der Waals surface area contributed by atoms with E-state index in [4.69, 9.17) is 5.11 Å². The number of hydrogen-bond acceptors (Lipinski definition) is 2. The average molecular weight is 193 g/mol. The Morgan fingerprint density at radius 2 is 2.14 bits per heavy atom. The van der Waals surface area contributed by atoms with Crippen molar-refractivity contribution in [2.45, 2.75) is 12.6 Å². The number of carbonyl (C=O) groups is 1. The number of β-amino-alcohol motifs (C(OH)–C–C–N with tert-alkyl or cyclic N) is 1. The van der Waals surface area contributed by atoms with E-state index in [0.717, 1.165) is 11.1 Å². The first kappa shape index (κ1) is 9.02. The predicted molar refractivity (Wildman–Crippen MR) is 49.8 cm³/mol. The van der Waals surface area contributed by atoms with Crippen molar-refractivity contribution in [3.63, 3.8) is 0 Å². The van der Waals surface area contributed by atoms with Crippen molar-refractivity contribution in [1.29, 1.82) is 0 Å². The van der Waals surface area contributed by atoms with Gasteiger partial charge < -0.3 is 15.1 Å². The molecule has 0 spiro atoms. The van der Waals surface area contributed by atoms with E-state index in [1.807, 2.05) is 24.3 Å². The third-order valence-corrected chi connectivity index (χ3v) is 2.44. The second kappa shape index (κ2) is 3.31. The van der Waals surface area contributed by atoms with Gasteiger partial charge in [0.2, 0.25) is 0 Å². The molecule has 4 nitrogen and oxygen atoms in total. The first-order valence-corrected chi connectivity index (χ1v) is 4.42. The van der Waals surface area contributed by atoms with Crippen LogP contribution < -0.4 is 0 Å². The first-order valence-electron chi connectivity index (χ1n) is 4.42. The Kier molecular flexibility index (Phi) is 2.13. The molecule has 1 aromatic carbocycles. The fraction of sp³-hybridized carbons (Fsp3) is 0.300. The zero-order valence-electron chi connectivity index (χ0n) is 7.55. The van der Waals surface area contributed by atoms with Crippen molar-refractivity contribution in [3.8, 4) is 0 Å². The van der Waals surface area contributed by atoms with Crippen LogP contribution in [0.15, 0.2) is 24.3 Å². The monoisotopic (exact) mass is 193 g/mol. The molecule has 1 atom stereocenters. The average Bonchev–Trinajstić information content (AvgIpc) is 2.17. The maximum absolute atomic E-state index is 10.7. The van der Waals surface area contributed by atoms with Gasteiger partial charge in [-0.25, -0.2) is 4.79 Å². The van der Waals surface area contributed by atoms with Gasteiger partial charge in [-0.15, -0.1) is 0 Å². The topological polar surface area (TPSA) is 60.8 Å². The number of carboxylic acid groups (broad SMARTS) is 1. The zero-order valence-corrected chi connectivity index (χ0v) is 7.55. The summed E-state index contributed by atoms with van der Waals surface area (Å²) in [6.07, 6.45) is -1.69. The van der Waals surface area contributed by atoms with E-state index in [1.165, 1.54) is 4.90 Å². The molecule has 4 heteroatoms. The van der Waals surface area contributed by atoms with Crippen LogP contribution in [-0.4, -0.2) is 27.8 Å². The van der Waals surface area contributed by atoms with Gasteiger partial charge in [0.15, 0.2) is 0 Å². The molecule has 1 aliphatic rings. The smallest absolute Gasteiger partial charge is 0.407 e. The highest BCUT2D eigenvalue weighted by Gasteiger charge is 2.25. The molecule has 2 rings (SSSR count). The Hall–Kier alpha value is -1.55. The molecule has 0 saturated carbocycles. The number of hydrogen-bond donors (Lipinski definition) is 2. The summed E-state index contributed by atoms with van der Waals surface area (Å²) >= 11 is 0. The Bertz CT molecular complexity index is 364. The largest absolute Gasteiger partial charge is 0.465 e. The minimum absolute atomic E-state index is 0.159. The number of fused-ring (bicyclic) bond motifs is 1. The Balaban J connectivity index is 2.33. The second-order valence-electron chi connectivity index (χ2n) is 3.38. The van der Waals surface area contributed by atoms with Crippen LogP contribution in [0.5, 0.6) is 0 Å². The lowest BCUT2D eigenvalue weighted by Gasteiger charge is -2.29. The first-order chi connectivity index (χ1) is 6.68. The number of benzene rings is 1. The molecule has 0 fully saturated rings.